The number of ether oxygens (including phenoxy) is 1. The molecule has 0 radical (unpaired) electrons. The standard InChI is InChI=1S/C23H35N3O2/c1-28-21-5-2-4-18(15-21)16-23(17-19-6-7-20(23)14-19)22(27)25-8-3-11-26-12-9-24-10-13-26/h2,4-5,15,19-20,24H,3,6-14,16-17H2,1H3,(H,25,27). The molecule has 2 bridgehead atoms. The molecule has 2 aliphatic carbocycles. The van der Waals surface area contributed by atoms with Crippen molar-refractivity contribution in [3.05, 3.63) is 29.8 Å². The molecule has 5 heteroatoms. The van der Waals surface area contributed by atoms with E-state index in [1.54, 1.807) is 7.11 Å². The number of carbonyl (C=O) groups is 1. The lowest BCUT2D eigenvalue weighted by atomic mass is 9.68. The molecule has 3 fully saturated rings. The van der Waals surface area contributed by atoms with Gasteiger partial charge in [0.25, 0.3) is 0 Å². The van der Waals surface area contributed by atoms with Gasteiger partial charge >= 0.3 is 0 Å². The van der Waals surface area contributed by atoms with Crippen LogP contribution in [0.4, 0.5) is 0 Å². The second-order valence-corrected chi connectivity index (χ2v) is 8.97. The van der Waals surface area contributed by atoms with E-state index in [1.807, 2.05) is 12.1 Å². The molecule has 2 saturated carbocycles. The zero-order chi connectivity index (χ0) is 19.4. The van der Waals surface area contributed by atoms with Gasteiger partial charge in [-0.2, -0.15) is 0 Å². The minimum absolute atomic E-state index is 0.218. The van der Waals surface area contributed by atoms with E-state index < -0.39 is 0 Å². The van der Waals surface area contributed by atoms with Gasteiger partial charge in [-0.1, -0.05) is 18.6 Å². The molecule has 0 spiro atoms. The minimum Gasteiger partial charge on any atom is -0.497 e. The number of nitrogens with one attached hydrogen (secondary N) is 2. The number of nitrogens with zero attached hydrogens (tertiary/aromatic N) is 1. The van der Waals surface area contributed by atoms with Crippen LogP contribution in [0.5, 0.6) is 5.75 Å². The SMILES string of the molecule is COc1cccc(CC2(C(=O)NCCCN3CCNCC3)CC3CCC2C3)c1. The Morgan fingerprint density at radius 3 is 2.89 bits per heavy atom. The third kappa shape index (κ3) is 4.20. The number of amides is 1. The molecule has 2 N–H and O–H groups in total. The first-order valence-electron chi connectivity index (χ1n) is 11.0. The van der Waals surface area contributed by atoms with Crippen LogP contribution in [0.2, 0.25) is 0 Å². The molecular weight excluding hydrogens is 350 g/mol. The number of hydrogen-bond acceptors (Lipinski definition) is 4. The average molecular weight is 386 g/mol. The molecular formula is C23H35N3O2. The number of rotatable bonds is 8. The van der Waals surface area contributed by atoms with Crippen molar-refractivity contribution >= 4 is 5.91 Å². The second-order valence-electron chi connectivity index (χ2n) is 8.97. The van der Waals surface area contributed by atoms with Gasteiger partial charge in [0.15, 0.2) is 0 Å². The maximum Gasteiger partial charge on any atom is 0.226 e. The summed E-state index contributed by atoms with van der Waals surface area (Å²) in [6.07, 6.45) is 6.68. The molecule has 1 amide bonds. The van der Waals surface area contributed by atoms with Crippen LogP contribution < -0.4 is 15.4 Å². The van der Waals surface area contributed by atoms with Gasteiger partial charge in [0.1, 0.15) is 5.75 Å². The van der Waals surface area contributed by atoms with E-state index in [1.165, 1.54) is 24.8 Å². The second kappa shape index (κ2) is 8.83. The van der Waals surface area contributed by atoms with Crippen LogP contribution >= 0.6 is 0 Å². The molecule has 1 aliphatic heterocycles. The molecule has 3 aliphatic rings. The predicted molar refractivity (Wildman–Crippen MR) is 112 cm³/mol. The molecule has 154 valence electrons. The normalized spacial score (nSPS) is 29.8. The van der Waals surface area contributed by atoms with Gasteiger partial charge in [-0.3, -0.25) is 4.79 Å². The zero-order valence-electron chi connectivity index (χ0n) is 17.2. The van der Waals surface area contributed by atoms with Crippen LogP contribution in [-0.2, 0) is 11.2 Å². The zero-order valence-corrected chi connectivity index (χ0v) is 17.2. The van der Waals surface area contributed by atoms with Crippen molar-refractivity contribution in [2.75, 3.05) is 46.4 Å². The first-order chi connectivity index (χ1) is 13.7. The van der Waals surface area contributed by atoms with Crippen LogP contribution in [0, 0.1) is 17.3 Å². The topological polar surface area (TPSA) is 53.6 Å². The first-order valence-corrected chi connectivity index (χ1v) is 11.0. The third-order valence-corrected chi connectivity index (χ3v) is 7.23. The lowest BCUT2D eigenvalue weighted by Crippen LogP contribution is -2.47. The van der Waals surface area contributed by atoms with E-state index in [0.717, 1.165) is 70.2 Å². The largest absolute Gasteiger partial charge is 0.497 e. The van der Waals surface area contributed by atoms with Crippen molar-refractivity contribution in [1.29, 1.82) is 0 Å². The van der Waals surface area contributed by atoms with Crippen LogP contribution in [0.3, 0.4) is 0 Å². The molecule has 28 heavy (non-hydrogen) atoms. The predicted octanol–water partition coefficient (Wildman–Crippen LogP) is 2.46. The summed E-state index contributed by atoms with van der Waals surface area (Å²) in [5, 5.41) is 6.72. The highest BCUT2D eigenvalue weighted by atomic mass is 16.5. The summed E-state index contributed by atoms with van der Waals surface area (Å²) in [7, 11) is 1.71. The quantitative estimate of drug-likeness (QED) is 0.675. The minimum atomic E-state index is -0.218. The van der Waals surface area contributed by atoms with Gasteiger partial charge in [-0.05, 0) is 68.2 Å². The Hall–Kier alpha value is -1.59. The van der Waals surface area contributed by atoms with Crippen molar-refractivity contribution in [1.82, 2.24) is 15.5 Å². The number of benzene rings is 1. The van der Waals surface area contributed by atoms with Gasteiger partial charge in [0, 0.05) is 32.7 Å². The highest BCUT2D eigenvalue weighted by Crippen LogP contribution is 2.57. The molecule has 3 unspecified atom stereocenters. The molecule has 1 saturated heterocycles. The number of piperazine rings is 1. The monoisotopic (exact) mass is 385 g/mol. The summed E-state index contributed by atoms with van der Waals surface area (Å²) in [6.45, 7) is 6.28. The van der Waals surface area contributed by atoms with Crippen molar-refractivity contribution in [2.24, 2.45) is 17.3 Å². The van der Waals surface area contributed by atoms with E-state index in [0.29, 0.717) is 11.8 Å². The summed E-state index contributed by atoms with van der Waals surface area (Å²) in [4.78, 5) is 15.9. The number of carbonyl (C=O) groups excluding carboxylic acids is 1. The smallest absolute Gasteiger partial charge is 0.226 e. The summed E-state index contributed by atoms with van der Waals surface area (Å²) in [5.74, 6) is 2.45. The maximum absolute atomic E-state index is 13.4. The van der Waals surface area contributed by atoms with Crippen molar-refractivity contribution < 1.29 is 9.53 Å². The Morgan fingerprint density at radius 1 is 1.32 bits per heavy atom. The highest BCUT2D eigenvalue weighted by Gasteiger charge is 2.55. The van der Waals surface area contributed by atoms with Crippen molar-refractivity contribution in [2.45, 2.75) is 38.5 Å². The fourth-order valence-electron chi connectivity index (χ4n) is 5.78. The van der Waals surface area contributed by atoms with E-state index in [4.69, 9.17) is 4.74 Å². The van der Waals surface area contributed by atoms with Crippen LogP contribution in [0.25, 0.3) is 0 Å². The van der Waals surface area contributed by atoms with Crippen LogP contribution in [-0.4, -0.2) is 57.2 Å². The summed E-state index contributed by atoms with van der Waals surface area (Å²) in [6, 6.07) is 8.27. The third-order valence-electron chi connectivity index (χ3n) is 7.23. The Bertz CT molecular complexity index is 674. The molecule has 1 aromatic rings. The average Bonchev–Trinajstić information content (AvgIpc) is 3.34. The van der Waals surface area contributed by atoms with Crippen molar-refractivity contribution in [3.8, 4) is 5.75 Å². The molecule has 5 nitrogen and oxygen atoms in total. The molecule has 3 atom stereocenters. The van der Waals surface area contributed by atoms with Crippen LogP contribution in [0.1, 0.15) is 37.7 Å². The van der Waals surface area contributed by atoms with Crippen LogP contribution in [0.15, 0.2) is 24.3 Å². The molecule has 0 aromatic heterocycles. The van der Waals surface area contributed by atoms with Crippen molar-refractivity contribution in [3.63, 3.8) is 0 Å². The van der Waals surface area contributed by atoms with E-state index in [2.05, 4.69) is 27.7 Å². The Morgan fingerprint density at radius 2 is 2.18 bits per heavy atom. The van der Waals surface area contributed by atoms with E-state index in [-0.39, 0.29) is 5.41 Å². The lowest BCUT2D eigenvalue weighted by molar-refractivity contribution is -0.134. The van der Waals surface area contributed by atoms with E-state index in [9.17, 15) is 4.79 Å². The highest BCUT2D eigenvalue weighted by molar-refractivity contribution is 5.84. The van der Waals surface area contributed by atoms with Gasteiger partial charge < -0.3 is 20.3 Å². The number of fused-ring (bicyclic) bond motifs is 2. The summed E-state index contributed by atoms with van der Waals surface area (Å²) >= 11 is 0. The first kappa shape index (κ1) is 19.7. The Labute approximate surface area is 169 Å². The fraction of sp³-hybridized carbons (Fsp3) is 0.696. The summed E-state index contributed by atoms with van der Waals surface area (Å²) in [5.41, 5.74) is 1.01. The molecule has 1 heterocycles. The fourth-order valence-corrected chi connectivity index (χ4v) is 5.78. The molecule has 4 rings (SSSR count). The van der Waals surface area contributed by atoms with Gasteiger partial charge in [-0.15, -0.1) is 0 Å². The summed E-state index contributed by atoms with van der Waals surface area (Å²) < 4.78 is 5.40. The number of methoxy groups -OCH3 is 1. The molecule has 1 aromatic carbocycles. The number of hydrogen-bond donors (Lipinski definition) is 2. The van der Waals surface area contributed by atoms with Gasteiger partial charge in [0.05, 0.1) is 12.5 Å². The van der Waals surface area contributed by atoms with Gasteiger partial charge in [0.2, 0.25) is 5.91 Å². The van der Waals surface area contributed by atoms with E-state index >= 15 is 0 Å². The lowest BCUT2D eigenvalue weighted by Gasteiger charge is -2.37. The van der Waals surface area contributed by atoms with Gasteiger partial charge in [-0.25, -0.2) is 0 Å². The Balaban J connectivity index is 1.37. The maximum atomic E-state index is 13.4. The Kier molecular flexibility index (Phi) is 6.22.